The van der Waals surface area contributed by atoms with E-state index in [9.17, 15) is 24.3 Å². The first-order chi connectivity index (χ1) is 22.4. The van der Waals surface area contributed by atoms with Gasteiger partial charge in [-0.05, 0) is 42.7 Å². The molecule has 12 nitrogen and oxygen atoms in total. The highest BCUT2D eigenvalue weighted by Crippen LogP contribution is 2.47. The molecule has 5 rings (SSSR count). The van der Waals surface area contributed by atoms with E-state index < -0.39 is 23.8 Å². The topological polar surface area (TPSA) is 126 Å². The van der Waals surface area contributed by atoms with Gasteiger partial charge in [0.15, 0.2) is 11.5 Å². The summed E-state index contributed by atoms with van der Waals surface area (Å²) in [6, 6.07) is 11.0. The minimum absolute atomic E-state index is 0.0161. The fourth-order valence-electron chi connectivity index (χ4n) is 7.03. The normalized spacial score (nSPS) is 21.0. The third-order valence-electron chi connectivity index (χ3n) is 9.20. The molecule has 0 aromatic heterocycles. The first-order valence-corrected chi connectivity index (χ1v) is 16.4. The summed E-state index contributed by atoms with van der Waals surface area (Å²) < 4.78 is 17.5. The van der Waals surface area contributed by atoms with Crippen LogP contribution in [0.15, 0.2) is 36.4 Å². The van der Waals surface area contributed by atoms with E-state index in [1.165, 1.54) is 12.0 Å². The summed E-state index contributed by atoms with van der Waals surface area (Å²) in [5.41, 5.74) is 2.62. The maximum atomic E-state index is 14.2. The number of rotatable bonds is 14. The van der Waals surface area contributed by atoms with Gasteiger partial charge in [0.2, 0.25) is 30.3 Å². The highest BCUT2D eigenvalue weighted by Gasteiger charge is 2.48. The summed E-state index contributed by atoms with van der Waals surface area (Å²) in [6.45, 7) is 3.80. The minimum Gasteiger partial charge on any atom is -0.493 e. The maximum Gasteiger partial charge on any atom is 0.308 e. The number of quaternary nitrogens is 1. The van der Waals surface area contributed by atoms with E-state index in [2.05, 4.69) is 40.2 Å². The summed E-state index contributed by atoms with van der Waals surface area (Å²) in [4.78, 5) is 57.1. The maximum absolute atomic E-state index is 14.2. The molecule has 0 bridgehead atoms. The molecule has 1 N–H and O–H groups in total. The van der Waals surface area contributed by atoms with Crippen molar-refractivity contribution in [2.24, 2.45) is 5.92 Å². The largest absolute Gasteiger partial charge is 0.493 e. The highest BCUT2D eigenvalue weighted by molar-refractivity contribution is 6.02. The number of carbonyl (C=O) groups excluding carboxylic acids is 3. The number of carboxylic acid groups (broad SMARTS) is 1. The van der Waals surface area contributed by atoms with Crippen molar-refractivity contribution in [1.29, 1.82) is 0 Å². The van der Waals surface area contributed by atoms with E-state index in [1.807, 2.05) is 17.0 Å². The lowest BCUT2D eigenvalue weighted by Crippen LogP contribution is -2.46. The van der Waals surface area contributed by atoms with E-state index >= 15 is 0 Å². The van der Waals surface area contributed by atoms with Crippen LogP contribution in [0.3, 0.4) is 0 Å². The van der Waals surface area contributed by atoms with Gasteiger partial charge >= 0.3 is 5.97 Å². The van der Waals surface area contributed by atoms with Gasteiger partial charge < -0.3 is 28.7 Å². The smallest absolute Gasteiger partial charge is 0.308 e. The van der Waals surface area contributed by atoms with Crippen molar-refractivity contribution < 1.29 is 43.0 Å². The predicted octanol–water partition coefficient (Wildman–Crippen LogP) is 3.47. The number of carbonyl (C=O) groups is 4. The van der Waals surface area contributed by atoms with Gasteiger partial charge in [-0.3, -0.25) is 29.0 Å². The Hall–Kier alpha value is -4.16. The lowest BCUT2D eigenvalue weighted by atomic mass is 9.84. The Bertz CT molecular complexity index is 1490. The lowest BCUT2D eigenvalue weighted by Gasteiger charge is -2.31. The van der Waals surface area contributed by atoms with Crippen LogP contribution >= 0.6 is 0 Å². The van der Waals surface area contributed by atoms with Crippen LogP contribution in [0, 0.1) is 5.92 Å². The standard InChI is InChI=1S/C35H46N4O8/c1-6-7-14-37(25-10-8-9-23(16-25)21-39(2,3)4)32(42)20-36-19-26(24-17-28(45-5)34-29(18-24)46-22-47-34)33(35(43)44)27(36)13-15-38-30(40)11-12-31(38)41/h8-10,16-18,26-27,33H,6-7,11-15,19-22H2,1-5H3/p+1/t26-,27+,33-/m1/s1. The molecule has 0 radical (unpaired) electrons. The molecule has 0 aliphatic carbocycles. The van der Waals surface area contributed by atoms with Crippen molar-refractivity contribution in [2.75, 3.05) is 66.1 Å². The molecule has 0 saturated carbocycles. The van der Waals surface area contributed by atoms with Gasteiger partial charge in [0, 0.05) is 55.7 Å². The van der Waals surface area contributed by atoms with E-state index in [0.717, 1.165) is 35.1 Å². The third kappa shape index (κ3) is 7.70. The monoisotopic (exact) mass is 651 g/mol. The number of nitrogens with zero attached hydrogens (tertiary/aromatic N) is 4. The van der Waals surface area contributed by atoms with Gasteiger partial charge in [0.05, 0.1) is 40.7 Å². The Morgan fingerprint density at radius 2 is 1.83 bits per heavy atom. The first kappa shape index (κ1) is 34.2. The molecule has 2 saturated heterocycles. The van der Waals surface area contributed by atoms with Crippen molar-refractivity contribution in [3.05, 3.63) is 47.5 Å². The van der Waals surface area contributed by atoms with E-state index in [-0.39, 0.29) is 63.4 Å². The van der Waals surface area contributed by atoms with Gasteiger partial charge in [-0.15, -0.1) is 0 Å². The number of benzene rings is 2. The molecule has 3 aliphatic heterocycles. The van der Waals surface area contributed by atoms with Gasteiger partial charge in [-0.25, -0.2) is 0 Å². The average Bonchev–Trinajstić information content (AvgIpc) is 3.72. The second-order valence-electron chi connectivity index (χ2n) is 13.7. The number of ether oxygens (including phenoxy) is 3. The third-order valence-corrected chi connectivity index (χ3v) is 9.20. The predicted molar refractivity (Wildman–Crippen MR) is 174 cm³/mol. The van der Waals surface area contributed by atoms with Crippen LogP contribution < -0.4 is 19.1 Å². The van der Waals surface area contributed by atoms with Crippen molar-refractivity contribution in [1.82, 2.24) is 9.80 Å². The molecule has 254 valence electrons. The van der Waals surface area contributed by atoms with Gasteiger partial charge in [0.25, 0.3) is 0 Å². The molecule has 2 aromatic carbocycles. The zero-order valence-electron chi connectivity index (χ0n) is 28.1. The van der Waals surface area contributed by atoms with E-state index in [1.54, 1.807) is 17.0 Å². The molecule has 2 fully saturated rings. The Balaban J connectivity index is 1.47. The Labute approximate surface area is 276 Å². The number of hydrogen-bond acceptors (Lipinski definition) is 8. The number of anilines is 1. The van der Waals surface area contributed by atoms with Crippen LogP contribution in [-0.2, 0) is 25.7 Å². The summed E-state index contributed by atoms with van der Waals surface area (Å²) in [7, 11) is 7.88. The van der Waals surface area contributed by atoms with Gasteiger partial charge in [-0.1, -0.05) is 25.5 Å². The molecular weight excluding hydrogens is 604 g/mol. The van der Waals surface area contributed by atoms with Gasteiger partial charge in [-0.2, -0.15) is 0 Å². The van der Waals surface area contributed by atoms with Gasteiger partial charge in [0.1, 0.15) is 6.54 Å². The summed E-state index contributed by atoms with van der Waals surface area (Å²) in [5, 5.41) is 10.7. The van der Waals surface area contributed by atoms with Crippen LogP contribution in [0.4, 0.5) is 5.69 Å². The number of carboxylic acids is 1. The number of unbranched alkanes of at least 4 members (excludes halogenated alkanes) is 1. The summed E-state index contributed by atoms with van der Waals surface area (Å²) >= 11 is 0. The molecule has 47 heavy (non-hydrogen) atoms. The van der Waals surface area contributed by atoms with Crippen LogP contribution in [-0.4, -0.2) is 110 Å². The fourth-order valence-corrected chi connectivity index (χ4v) is 7.03. The number of hydrogen-bond donors (Lipinski definition) is 1. The van der Waals surface area contributed by atoms with Crippen LogP contribution in [0.25, 0.3) is 0 Å². The molecule has 2 aromatic rings. The van der Waals surface area contributed by atoms with Crippen molar-refractivity contribution >= 4 is 29.4 Å². The second kappa shape index (κ2) is 14.3. The SMILES string of the molecule is CCCCN(C(=O)CN1C[C@H](c2cc(OC)c3c(c2)OCO3)[C@@H](C(=O)O)[C@@H]1CCN1C(=O)CCC1=O)c1cccc(C[N+](C)(C)C)c1. The Morgan fingerprint density at radius 3 is 2.49 bits per heavy atom. The minimum atomic E-state index is -1.01. The quantitative estimate of drug-likeness (QED) is 0.242. The highest BCUT2D eigenvalue weighted by atomic mass is 16.7. The number of aliphatic carboxylic acids is 1. The van der Waals surface area contributed by atoms with Crippen LogP contribution in [0.5, 0.6) is 17.2 Å². The van der Waals surface area contributed by atoms with Crippen molar-refractivity contribution in [3.63, 3.8) is 0 Å². The average molecular weight is 652 g/mol. The molecule has 3 heterocycles. The lowest BCUT2D eigenvalue weighted by molar-refractivity contribution is -0.884. The first-order valence-electron chi connectivity index (χ1n) is 16.4. The Kier molecular flexibility index (Phi) is 10.4. The number of fused-ring (bicyclic) bond motifs is 1. The number of likely N-dealkylation sites (tertiary alicyclic amines) is 2. The number of methoxy groups -OCH3 is 1. The second-order valence-corrected chi connectivity index (χ2v) is 13.7. The Morgan fingerprint density at radius 1 is 1.09 bits per heavy atom. The fraction of sp³-hybridized carbons (Fsp3) is 0.543. The van der Waals surface area contributed by atoms with Crippen molar-refractivity contribution in [2.45, 2.75) is 57.5 Å². The molecule has 3 atom stereocenters. The van der Waals surface area contributed by atoms with Crippen LogP contribution in [0.2, 0.25) is 0 Å². The molecule has 0 spiro atoms. The summed E-state index contributed by atoms with van der Waals surface area (Å²) in [6.07, 6.45) is 2.27. The van der Waals surface area contributed by atoms with E-state index in [4.69, 9.17) is 14.2 Å². The van der Waals surface area contributed by atoms with Crippen molar-refractivity contribution in [3.8, 4) is 17.2 Å². The number of amides is 3. The molecule has 12 heteroatoms. The number of imide groups is 1. The zero-order valence-corrected chi connectivity index (χ0v) is 28.1. The summed E-state index contributed by atoms with van der Waals surface area (Å²) in [5.74, 6) is -1.70. The van der Waals surface area contributed by atoms with Crippen LogP contribution in [0.1, 0.15) is 56.1 Å². The molecule has 3 aliphatic rings. The molecule has 0 unspecified atom stereocenters. The zero-order chi connectivity index (χ0) is 33.9. The van der Waals surface area contributed by atoms with E-state index in [0.29, 0.717) is 29.4 Å². The molecular formula is C35H47N4O8+. The molecule has 3 amide bonds.